The van der Waals surface area contributed by atoms with E-state index in [0.717, 1.165) is 4.90 Å². The molecular weight excluding hydrogens is 252 g/mol. The van der Waals surface area contributed by atoms with Crippen molar-refractivity contribution in [2.75, 3.05) is 18.1 Å². The molecule has 2 rings (SSSR count). The Labute approximate surface area is 108 Å². The predicted octanol–water partition coefficient (Wildman–Crippen LogP) is -0.469. The third kappa shape index (κ3) is 2.32. The van der Waals surface area contributed by atoms with Gasteiger partial charge in [0.1, 0.15) is 11.9 Å². The van der Waals surface area contributed by atoms with Gasteiger partial charge in [-0.25, -0.2) is 9.78 Å². The number of likely N-dealkylation sites (tertiary alicyclic amines) is 1. The number of aromatic nitrogens is 1. The van der Waals surface area contributed by atoms with Gasteiger partial charge in [-0.05, 0) is 6.07 Å². The van der Waals surface area contributed by atoms with Gasteiger partial charge in [-0.15, -0.1) is 0 Å². The van der Waals surface area contributed by atoms with E-state index in [4.69, 9.17) is 10.8 Å². The van der Waals surface area contributed by atoms with E-state index in [2.05, 4.69) is 10.3 Å². The predicted molar refractivity (Wildman–Crippen MR) is 65.4 cm³/mol. The standard InChI is InChI=1S/C11H12N4O4/c1-15-9(16)3-7(10(15)17)14-8-2-5(11(18)19)6(12)4-13-8/h2,4,7H,3,12H2,1H3,(H,13,14)(H,18,19). The minimum absolute atomic E-state index is 0.0177. The van der Waals surface area contributed by atoms with Crippen molar-refractivity contribution in [2.24, 2.45) is 0 Å². The van der Waals surface area contributed by atoms with Gasteiger partial charge in [0.05, 0.1) is 23.9 Å². The van der Waals surface area contributed by atoms with E-state index in [1.54, 1.807) is 0 Å². The summed E-state index contributed by atoms with van der Waals surface area (Å²) in [7, 11) is 1.39. The van der Waals surface area contributed by atoms with Gasteiger partial charge in [-0.1, -0.05) is 0 Å². The molecular formula is C11H12N4O4. The second kappa shape index (κ2) is 4.56. The number of anilines is 2. The summed E-state index contributed by atoms with van der Waals surface area (Å²) in [5.74, 6) is -1.67. The number of carbonyl (C=O) groups is 3. The van der Waals surface area contributed by atoms with Crippen LogP contribution in [0.25, 0.3) is 0 Å². The highest BCUT2D eigenvalue weighted by Gasteiger charge is 2.36. The van der Waals surface area contributed by atoms with Crippen LogP contribution in [0.2, 0.25) is 0 Å². The summed E-state index contributed by atoms with van der Waals surface area (Å²) < 4.78 is 0. The maximum Gasteiger partial charge on any atom is 0.337 e. The van der Waals surface area contributed by atoms with Gasteiger partial charge in [-0.3, -0.25) is 14.5 Å². The Balaban J connectivity index is 2.21. The largest absolute Gasteiger partial charge is 0.478 e. The van der Waals surface area contributed by atoms with Crippen LogP contribution in [0.4, 0.5) is 11.5 Å². The zero-order chi connectivity index (χ0) is 14.2. The maximum atomic E-state index is 11.7. The van der Waals surface area contributed by atoms with Crippen LogP contribution < -0.4 is 11.1 Å². The number of likely N-dealkylation sites (N-methyl/N-ethyl adjacent to an activating group) is 1. The Morgan fingerprint density at radius 3 is 2.79 bits per heavy atom. The summed E-state index contributed by atoms with van der Waals surface area (Å²) in [5.41, 5.74) is 5.39. The molecule has 1 atom stereocenters. The van der Waals surface area contributed by atoms with Crippen molar-refractivity contribution < 1.29 is 19.5 Å². The summed E-state index contributed by atoms with van der Waals surface area (Å²) >= 11 is 0. The summed E-state index contributed by atoms with van der Waals surface area (Å²) in [5, 5.41) is 11.7. The molecule has 0 radical (unpaired) electrons. The number of carboxylic acid groups (broad SMARTS) is 1. The number of nitrogen functional groups attached to an aromatic ring is 1. The van der Waals surface area contributed by atoms with Crippen molar-refractivity contribution in [1.82, 2.24) is 9.88 Å². The summed E-state index contributed by atoms with van der Waals surface area (Å²) in [6.07, 6.45) is 1.21. The monoisotopic (exact) mass is 264 g/mol. The molecule has 1 aromatic rings. The smallest absolute Gasteiger partial charge is 0.337 e. The van der Waals surface area contributed by atoms with E-state index in [1.165, 1.54) is 19.3 Å². The molecule has 0 saturated carbocycles. The number of amides is 2. The second-order valence-electron chi connectivity index (χ2n) is 4.15. The Morgan fingerprint density at radius 2 is 2.26 bits per heavy atom. The Bertz CT molecular complexity index is 572. The van der Waals surface area contributed by atoms with Crippen LogP contribution >= 0.6 is 0 Å². The number of aromatic carboxylic acids is 1. The highest BCUT2D eigenvalue weighted by molar-refractivity contribution is 6.06. The number of nitrogens with zero attached hydrogens (tertiary/aromatic N) is 2. The molecule has 19 heavy (non-hydrogen) atoms. The quantitative estimate of drug-likeness (QED) is 0.630. The van der Waals surface area contributed by atoms with Gasteiger partial charge in [0, 0.05) is 7.05 Å². The summed E-state index contributed by atoms with van der Waals surface area (Å²) in [6, 6.07) is 0.503. The topological polar surface area (TPSA) is 126 Å². The number of hydrogen-bond donors (Lipinski definition) is 3. The number of hydrogen-bond acceptors (Lipinski definition) is 6. The number of nitrogens with two attached hydrogens (primary N) is 1. The molecule has 100 valence electrons. The first-order valence-corrected chi connectivity index (χ1v) is 5.46. The highest BCUT2D eigenvalue weighted by atomic mass is 16.4. The molecule has 1 unspecified atom stereocenters. The first-order valence-electron chi connectivity index (χ1n) is 5.46. The zero-order valence-electron chi connectivity index (χ0n) is 10.1. The second-order valence-corrected chi connectivity index (χ2v) is 4.15. The van der Waals surface area contributed by atoms with Crippen LogP contribution in [-0.4, -0.2) is 45.9 Å². The number of pyridine rings is 1. The van der Waals surface area contributed by atoms with E-state index in [1.807, 2.05) is 0 Å². The Hall–Kier alpha value is -2.64. The lowest BCUT2D eigenvalue weighted by atomic mass is 10.2. The van der Waals surface area contributed by atoms with Crippen molar-refractivity contribution in [3.8, 4) is 0 Å². The van der Waals surface area contributed by atoms with E-state index in [0.29, 0.717) is 0 Å². The van der Waals surface area contributed by atoms with Gasteiger partial charge >= 0.3 is 5.97 Å². The van der Waals surface area contributed by atoms with Crippen molar-refractivity contribution in [3.63, 3.8) is 0 Å². The molecule has 2 heterocycles. The van der Waals surface area contributed by atoms with Crippen molar-refractivity contribution in [3.05, 3.63) is 17.8 Å². The van der Waals surface area contributed by atoms with Crippen LogP contribution in [0.1, 0.15) is 16.8 Å². The first-order chi connectivity index (χ1) is 8.90. The van der Waals surface area contributed by atoms with E-state index in [-0.39, 0.29) is 35.3 Å². The van der Waals surface area contributed by atoms with Crippen molar-refractivity contribution in [2.45, 2.75) is 12.5 Å². The average molecular weight is 264 g/mol. The van der Waals surface area contributed by atoms with Crippen LogP contribution in [0, 0.1) is 0 Å². The fourth-order valence-electron chi connectivity index (χ4n) is 1.78. The van der Waals surface area contributed by atoms with Crippen LogP contribution in [0.3, 0.4) is 0 Å². The third-order valence-corrected chi connectivity index (χ3v) is 2.87. The molecule has 0 aromatic carbocycles. The maximum absolute atomic E-state index is 11.7. The SMILES string of the molecule is CN1C(=O)CC(Nc2cc(C(=O)O)c(N)cn2)C1=O. The van der Waals surface area contributed by atoms with E-state index >= 15 is 0 Å². The molecule has 1 saturated heterocycles. The lowest BCUT2D eigenvalue weighted by molar-refractivity contribution is -0.136. The third-order valence-electron chi connectivity index (χ3n) is 2.87. The molecule has 0 bridgehead atoms. The fourth-order valence-corrected chi connectivity index (χ4v) is 1.78. The van der Waals surface area contributed by atoms with Crippen molar-refractivity contribution >= 4 is 29.3 Å². The highest BCUT2D eigenvalue weighted by Crippen LogP contribution is 2.19. The Kier molecular flexibility index (Phi) is 3.07. The number of rotatable bonds is 3. The van der Waals surface area contributed by atoms with Gasteiger partial charge in [0.15, 0.2) is 0 Å². The number of imide groups is 1. The lowest BCUT2D eigenvalue weighted by Crippen LogP contribution is -2.32. The normalized spacial score (nSPS) is 18.8. The van der Waals surface area contributed by atoms with Gasteiger partial charge in [0.2, 0.25) is 5.91 Å². The molecule has 1 fully saturated rings. The molecule has 1 aromatic heterocycles. The molecule has 1 aliphatic rings. The van der Waals surface area contributed by atoms with Crippen molar-refractivity contribution in [1.29, 1.82) is 0 Å². The lowest BCUT2D eigenvalue weighted by Gasteiger charge is -2.12. The average Bonchev–Trinajstić information content (AvgIpc) is 2.59. The fraction of sp³-hybridized carbons (Fsp3) is 0.273. The minimum Gasteiger partial charge on any atom is -0.478 e. The van der Waals surface area contributed by atoms with Crippen LogP contribution in [0.15, 0.2) is 12.3 Å². The Morgan fingerprint density at radius 1 is 1.58 bits per heavy atom. The molecule has 8 nitrogen and oxygen atoms in total. The number of carboxylic acids is 1. The van der Waals surface area contributed by atoms with Gasteiger partial charge in [0.25, 0.3) is 5.91 Å². The molecule has 4 N–H and O–H groups in total. The van der Waals surface area contributed by atoms with E-state index in [9.17, 15) is 14.4 Å². The molecule has 0 spiro atoms. The summed E-state index contributed by atoms with van der Waals surface area (Å²) in [6.45, 7) is 0. The minimum atomic E-state index is -1.19. The summed E-state index contributed by atoms with van der Waals surface area (Å²) in [4.78, 5) is 38.8. The molecule has 0 aliphatic carbocycles. The van der Waals surface area contributed by atoms with Crippen LogP contribution in [-0.2, 0) is 9.59 Å². The van der Waals surface area contributed by atoms with Gasteiger partial charge in [-0.2, -0.15) is 0 Å². The van der Waals surface area contributed by atoms with E-state index < -0.39 is 12.0 Å². The first kappa shape index (κ1) is 12.8. The number of carbonyl (C=O) groups excluding carboxylic acids is 2. The number of nitrogens with one attached hydrogen (secondary N) is 1. The molecule has 8 heteroatoms. The zero-order valence-corrected chi connectivity index (χ0v) is 10.1. The molecule has 2 amide bonds. The molecule has 1 aliphatic heterocycles. The van der Waals surface area contributed by atoms with Crippen LogP contribution in [0.5, 0.6) is 0 Å². The van der Waals surface area contributed by atoms with Gasteiger partial charge < -0.3 is 16.2 Å².